The molecular weight excluding hydrogens is 202 g/mol. The predicted octanol–water partition coefficient (Wildman–Crippen LogP) is 3.02. The van der Waals surface area contributed by atoms with E-state index in [9.17, 15) is 4.39 Å². The highest BCUT2D eigenvalue weighted by molar-refractivity contribution is 6.51. The topological polar surface area (TPSA) is 9.23 Å². The molecule has 1 aromatic rings. The van der Waals surface area contributed by atoms with Crippen LogP contribution in [0.1, 0.15) is 27.2 Å². The smallest absolute Gasteiger partial charge is 0.148 e. The summed E-state index contributed by atoms with van der Waals surface area (Å²) >= 11 is 0. The second-order valence-electron chi connectivity index (χ2n) is 5.17. The van der Waals surface area contributed by atoms with Crippen LogP contribution in [0, 0.1) is 11.2 Å². The normalized spacial score (nSPS) is 11.3. The third-order valence-electron chi connectivity index (χ3n) is 2.35. The first-order valence-electron chi connectivity index (χ1n) is 5.63. The largest absolute Gasteiger partial charge is 0.493 e. The van der Waals surface area contributed by atoms with Gasteiger partial charge in [0.25, 0.3) is 0 Å². The maximum absolute atomic E-state index is 13.2. The van der Waals surface area contributed by atoms with Gasteiger partial charge in [-0.25, -0.2) is 4.39 Å². The molecule has 0 atom stereocenters. The van der Waals surface area contributed by atoms with Crippen molar-refractivity contribution in [3.8, 4) is 5.75 Å². The van der Waals surface area contributed by atoms with Gasteiger partial charge in [-0.1, -0.05) is 33.1 Å². The van der Waals surface area contributed by atoms with Crippen molar-refractivity contribution >= 4 is 12.7 Å². The standard InChI is InChI=1S/C13H19BFO/c1-13(2,3)5-6-16-12-8-10(14-4)7-11(15)9-12/h7-9H,5-6H2,1-4H3. The molecule has 87 valence electrons. The van der Waals surface area contributed by atoms with E-state index in [0.717, 1.165) is 11.9 Å². The lowest BCUT2D eigenvalue weighted by Gasteiger charge is -2.18. The minimum atomic E-state index is -0.249. The molecule has 1 nitrogen and oxygen atoms in total. The van der Waals surface area contributed by atoms with Crippen LogP contribution >= 0.6 is 0 Å². The van der Waals surface area contributed by atoms with Crippen molar-refractivity contribution in [3.05, 3.63) is 24.0 Å². The first-order valence-corrected chi connectivity index (χ1v) is 5.63. The fraction of sp³-hybridized carbons (Fsp3) is 0.538. The quantitative estimate of drug-likeness (QED) is 0.710. The number of halogens is 1. The summed E-state index contributed by atoms with van der Waals surface area (Å²) in [6, 6.07) is 4.78. The number of hydrogen-bond donors (Lipinski definition) is 0. The highest BCUT2D eigenvalue weighted by Gasteiger charge is 2.10. The second kappa shape index (κ2) is 5.38. The zero-order valence-corrected chi connectivity index (χ0v) is 10.5. The average Bonchev–Trinajstić information content (AvgIpc) is 2.14. The summed E-state index contributed by atoms with van der Waals surface area (Å²) in [6.45, 7) is 8.98. The highest BCUT2D eigenvalue weighted by Crippen LogP contribution is 2.19. The van der Waals surface area contributed by atoms with E-state index >= 15 is 0 Å². The van der Waals surface area contributed by atoms with Crippen molar-refractivity contribution in [2.75, 3.05) is 6.61 Å². The summed E-state index contributed by atoms with van der Waals surface area (Å²) in [7, 11) is 1.86. The molecule has 0 heterocycles. The van der Waals surface area contributed by atoms with Gasteiger partial charge in [0.1, 0.15) is 18.8 Å². The lowest BCUT2D eigenvalue weighted by Crippen LogP contribution is -2.14. The van der Waals surface area contributed by atoms with Gasteiger partial charge in [-0.2, -0.15) is 0 Å². The Hall–Kier alpha value is -0.985. The van der Waals surface area contributed by atoms with Crippen molar-refractivity contribution in [3.63, 3.8) is 0 Å². The number of rotatable bonds is 4. The van der Waals surface area contributed by atoms with Crippen LogP contribution in [0.15, 0.2) is 18.2 Å². The van der Waals surface area contributed by atoms with Crippen LogP contribution in [-0.2, 0) is 0 Å². The average molecular weight is 221 g/mol. The molecule has 1 rings (SSSR count). The lowest BCUT2D eigenvalue weighted by atomic mass is 9.73. The fourth-order valence-electron chi connectivity index (χ4n) is 1.31. The van der Waals surface area contributed by atoms with Crippen LogP contribution in [0.4, 0.5) is 4.39 Å². The van der Waals surface area contributed by atoms with Crippen LogP contribution in [0.25, 0.3) is 0 Å². The Bertz CT molecular complexity index is 344. The van der Waals surface area contributed by atoms with E-state index in [0.29, 0.717) is 12.4 Å². The van der Waals surface area contributed by atoms with Crippen molar-refractivity contribution in [1.82, 2.24) is 0 Å². The molecule has 0 N–H and O–H groups in total. The molecule has 3 heteroatoms. The predicted molar refractivity (Wildman–Crippen MR) is 67.2 cm³/mol. The minimum absolute atomic E-state index is 0.243. The van der Waals surface area contributed by atoms with Gasteiger partial charge in [-0.15, -0.1) is 0 Å². The molecule has 16 heavy (non-hydrogen) atoms. The van der Waals surface area contributed by atoms with Gasteiger partial charge in [0.15, 0.2) is 0 Å². The summed E-state index contributed by atoms with van der Waals surface area (Å²) in [5, 5.41) is 0. The fourth-order valence-corrected chi connectivity index (χ4v) is 1.31. The maximum Gasteiger partial charge on any atom is 0.148 e. The second-order valence-corrected chi connectivity index (χ2v) is 5.17. The van der Waals surface area contributed by atoms with Crippen LogP contribution in [0.2, 0.25) is 6.82 Å². The maximum atomic E-state index is 13.2. The van der Waals surface area contributed by atoms with E-state index in [-0.39, 0.29) is 11.2 Å². The van der Waals surface area contributed by atoms with Crippen LogP contribution in [0.5, 0.6) is 5.75 Å². The summed E-state index contributed by atoms with van der Waals surface area (Å²) < 4.78 is 18.7. The Morgan fingerprint density at radius 3 is 2.50 bits per heavy atom. The molecule has 0 aromatic heterocycles. The van der Waals surface area contributed by atoms with Crippen LogP contribution < -0.4 is 10.2 Å². The van der Waals surface area contributed by atoms with Gasteiger partial charge in [0, 0.05) is 6.07 Å². The Balaban J connectivity index is 2.57. The van der Waals surface area contributed by atoms with Crippen molar-refractivity contribution in [1.29, 1.82) is 0 Å². The molecule has 0 bridgehead atoms. The third-order valence-corrected chi connectivity index (χ3v) is 2.35. The van der Waals surface area contributed by atoms with Gasteiger partial charge in [0.2, 0.25) is 0 Å². The Kier molecular flexibility index (Phi) is 4.39. The first-order chi connectivity index (χ1) is 7.40. The molecule has 0 amide bonds. The molecule has 0 aliphatic carbocycles. The summed E-state index contributed by atoms with van der Waals surface area (Å²) in [6.07, 6.45) is 0.953. The van der Waals surface area contributed by atoms with E-state index in [1.54, 1.807) is 0 Å². The molecule has 0 saturated carbocycles. The lowest BCUT2D eigenvalue weighted by molar-refractivity contribution is 0.242. The van der Waals surface area contributed by atoms with Crippen molar-refractivity contribution in [2.24, 2.45) is 5.41 Å². The Morgan fingerprint density at radius 2 is 1.94 bits per heavy atom. The Labute approximate surface area is 98.3 Å². The summed E-state index contributed by atoms with van der Waals surface area (Å²) in [4.78, 5) is 0. The Morgan fingerprint density at radius 1 is 1.25 bits per heavy atom. The first kappa shape index (κ1) is 13.1. The highest BCUT2D eigenvalue weighted by atomic mass is 19.1. The van der Waals surface area contributed by atoms with Gasteiger partial charge < -0.3 is 4.74 Å². The number of ether oxygens (including phenoxy) is 1. The molecule has 0 aliphatic heterocycles. The molecule has 0 fully saturated rings. The van der Waals surface area contributed by atoms with Crippen molar-refractivity contribution < 1.29 is 9.13 Å². The third kappa shape index (κ3) is 4.69. The van der Waals surface area contributed by atoms with E-state index in [1.807, 2.05) is 20.2 Å². The zero-order valence-electron chi connectivity index (χ0n) is 10.5. The molecule has 1 radical (unpaired) electrons. The SMILES string of the molecule is C[B]c1cc(F)cc(OCCC(C)(C)C)c1. The van der Waals surface area contributed by atoms with E-state index in [1.165, 1.54) is 12.1 Å². The van der Waals surface area contributed by atoms with Crippen molar-refractivity contribution in [2.45, 2.75) is 34.0 Å². The van der Waals surface area contributed by atoms with E-state index in [2.05, 4.69) is 20.8 Å². The monoisotopic (exact) mass is 221 g/mol. The molecule has 0 saturated heterocycles. The summed E-state index contributed by atoms with van der Waals surface area (Å²) in [5.74, 6) is 0.360. The van der Waals surface area contributed by atoms with Gasteiger partial charge >= 0.3 is 0 Å². The minimum Gasteiger partial charge on any atom is -0.493 e. The van der Waals surface area contributed by atoms with Crippen LogP contribution in [0.3, 0.4) is 0 Å². The van der Waals surface area contributed by atoms with Gasteiger partial charge in [-0.3, -0.25) is 0 Å². The van der Waals surface area contributed by atoms with Gasteiger partial charge in [-0.05, 0) is 24.0 Å². The zero-order chi connectivity index (χ0) is 12.2. The van der Waals surface area contributed by atoms with E-state index in [4.69, 9.17) is 4.74 Å². The number of hydrogen-bond acceptors (Lipinski definition) is 1. The van der Waals surface area contributed by atoms with E-state index < -0.39 is 0 Å². The van der Waals surface area contributed by atoms with Gasteiger partial charge in [0.05, 0.1) is 6.61 Å². The molecule has 0 aliphatic rings. The molecule has 0 unspecified atom stereocenters. The molecule has 0 spiro atoms. The molecular formula is C13H19BFO. The number of benzene rings is 1. The summed E-state index contributed by atoms with van der Waals surface area (Å²) in [5.41, 5.74) is 1.10. The van der Waals surface area contributed by atoms with Crippen LogP contribution in [-0.4, -0.2) is 13.9 Å². The molecule has 1 aromatic carbocycles.